The molecule has 0 aliphatic carbocycles. The van der Waals surface area contributed by atoms with Crippen LogP contribution in [0.3, 0.4) is 0 Å². The molecule has 0 nitrogen and oxygen atoms in total. The minimum atomic E-state index is 1.05. The molecule has 0 amide bonds. The van der Waals surface area contributed by atoms with E-state index in [0.717, 1.165) is 6.42 Å². The first kappa shape index (κ1) is 17.0. The van der Waals surface area contributed by atoms with Crippen LogP contribution in [0.4, 0.5) is 0 Å². The number of hydrogen-bond acceptors (Lipinski definition) is 2. The summed E-state index contributed by atoms with van der Waals surface area (Å²) in [5.41, 5.74) is 1.21. The highest BCUT2D eigenvalue weighted by Gasteiger charge is 2.04. The lowest BCUT2D eigenvalue weighted by molar-refractivity contribution is 1.23. The predicted octanol–water partition coefficient (Wildman–Crippen LogP) is 8.35. The van der Waals surface area contributed by atoms with E-state index in [-0.39, 0.29) is 0 Å². The Labute approximate surface area is 162 Å². The van der Waals surface area contributed by atoms with Gasteiger partial charge in [-0.3, -0.25) is 0 Å². The summed E-state index contributed by atoms with van der Waals surface area (Å²) in [5.74, 6) is 0. The Morgan fingerprint density at radius 2 is 1.58 bits per heavy atom. The number of allylic oxidation sites excluding steroid dienone is 1. The molecule has 4 rings (SSSR count). The lowest BCUT2D eigenvalue weighted by Crippen LogP contribution is -1.70. The lowest BCUT2D eigenvalue weighted by atomic mass is 10.1. The van der Waals surface area contributed by atoms with E-state index in [1.807, 2.05) is 28.7 Å². The highest BCUT2D eigenvalue weighted by Crippen LogP contribution is 2.32. The molecule has 2 heteroatoms. The van der Waals surface area contributed by atoms with Gasteiger partial charge in [0.05, 0.1) is 0 Å². The summed E-state index contributed by atoms with van der Waals surface area (Å²) in [6, 6.07) is 17.6. The zero-order valence-corrected chi connectivity index (χ0v) is 16.4. The summed E-state index contributed by atoms with van der Waals surface area (Å²) >= 11 is 3.66. The zero-order valence-electron chi connectivity index (χ0n) is 14.7. The summed E-state index contributed by atoms with van der Waals surface area (Å²) < 4.78 is 1.34. The number of benzene rings is 2. The van der Waals surface area contributed by atoms with E-state index in [1.165, 1.54) is 41.1 Å². The number of thiophene rings is 2. The Balaban J connectivity index is 1.66. The summed E-state index contributed by atoms with van der Waals surface area (Å²) in [6.45, 7) is 6.09. The molecule has 0 saturated heterocycles. The van der Waals surface area contributed by atoms with Crippen LogP contribution in [0.15, 0.2) is 61.2 Å². The molecule has 0 aliphatic rings. The van der Waals surface area contributed by atoms with E-state index in [4.69, 9.17) is 0 Å². The smallest absolute Gasteiger partial charge is 0.0355 e. The Bertz CT molecular complexity index is 1080. The molecule has 0 saturated carbocycles. The van der Waals surface area contributed by atoms with Gasteiger partial charge in [-0.15, -0.1) is 22.7 Å². The fraction of sp³-hybridized carbons (Fsp3) is 0.0833. The van der Waals surface area contributed by atoms with Crippen LogP contribution >= 0.6 is 22.7 Å². The van der Waals surface area contributed by atoms with Crippen LogP contribution in [-0.2, 0) is 0 Å². The highest BCUT2D eigenvalue weighted by atomic mass is 32.1. The van der Waals surface area contributed by atoms with E-state index in [2.05, 4.69) is 86.3 Å². The summed E-state index contributed by atoms with van der Waals surface area (Å²) in [6.07, 6.45) is 11.8. The van der Waals surface area contributed by atoms with Crippen molar-refractivity contribution in [2.45, 2.75) is 13.3 Å². The molecule has 2 heterocycles. The van der Waals surface area contributed by atoms with Crippen LogP contribution in [0.25, 0.3) is 45.2 Å². The number of rotatable bonds is 5. The summed E-state index contributed by atoms with van der Waals surface area (Å²) in [5, 5.41) is 3.92. The van der Waals surface area contributed by atoms with Crippen LogP contribution < -0.4 is 0 Å². The Hall–Kier alpha value is -2.42. The zero-order chi connectivity index (χ0) is 17.9. The minimum absolute atomic E-state index is 1.05. The fourth-order valence-corrected chi connectivity index (χ4v) is 5.03. The van der Waals surface area contributed by atoms with E-state index in [1.54, 1.807) is 0 Å². The molecule has 0 atom stereocenters. The van der Waals surface area contributed by atoms with Gasteiger partial charge in [0.15, 0.2) is 0 Å². The van der Waals surface area contributed by atoms with Gasteiger partial charge >= 0.3 is 0 Å². The van der Waals surface area contributed by atoms with Crippen LogP contribution in [0, 0.1) is 0 Å². The van der Waals surface area contributed by atoms with Gasteiger partial charge in [-0.2, -0.15) is 0 Å². The standard InChI is InChI=1S/C24H20S2/c1-3-5-10-23-17(4-2)14-21(25-23)11-12-22-15-20-13-18-8-6-7-9-19(18)16-24(20)26-22/h4-16H,2-3H2,1H3/b10-5-,12-11+. The maximum atomic E-state index is 3.94. The van der Waals surface area contributed by atoms with Crippen molar-refractivity contribution < 1.29 is 0 Å². The molecule has 0 spiro atoms. The third kappa shape index (κ3) is 3.44. The van der Waals surface area contributed by atoms with Crippen molar-refractivity contribution in [2.75, 3.05) is 0 Å². The highest BCUT2D eigenvalue weighted by molar-refractivity contribution is 7.20. The van der Waals surface area contributed by atoms with Crippen molar-refractivity contribution in [3.8, 4) is 0 Å². The number of hydrogen-bond donors (Lipinski definition) is 0. The molecule has 0 N–H and O–H groups in total. The Morgan fingerprint density at radius 3 is 2.31 bits per heavy atom. The van der Waals surface area contributed by atoms with Gasteiger partial charge in [-0.25, -0.2) is 0 Å². The molecule has 2 aromatic carbocycles. The minimum Gasteiger partial charge on any atom is -0.136 e. The van der Waals surface area contributed by atoms with Crippen molar-refractivity contribution in [1.82, 2.24) is 0 Å². The monoisotopic (exact) mass is 372 g/mol. The first-order valence-corrected chi connectivity index (χ1v) is 10.4. The van der Waals surface area contributed by atoms with Gasteiger partial charge in [0.2, 0.25) is 0 Å². The average Bonchev–Trinajstić information content (AvgIpc) is 3.25. The molecule has 0 fully saturated rings. The second kappa shape index (κ2) is 7.45. The molecule has 0 unspecified atom stereocenters. The largest absolute Gasteiger partial charge is 0.136 e. The second-order valence-corrected chi connectivity index (χ2v) is 8.43. The molecular weight excluding hydrogens is 352 g/mol. The Kier molecular flexibility index (Phi) is 4.87. The maximum absolute atomic E-state index is 3.94. The first-order chi connectivity index (χ1) is 12.8. The van der Waals surface area contributed by atoms with Crippen molar-refractivity contribution >= 4 is 67.8 Å². The molecule has 2 aromatic heterocycles. The quantitative estimate of drug-likeness (QED) is 0.330. The molecule has 128 valence electrons. The third-order valence-electron chi connectivity index (χ3n) is 4.35. The number of fused-ring (bicyclic) bond motifs is 2. The average molecular weight is 373 g/mol. The normalized spacial score (nSPS) is 12.0. The van der Waals surface area contributed by atoms with Crippen LogP contribution in [0.2, 0.25) is 0 Å². The maximum Gasteiger partial charge on any atom is 0.0355 e. The van der Waals surface area contributed by atoms with E-state index >= 15 is 0 Å². The van der Waals surface area contributed by atoms with E-state index < -0.39 is 0 Å². The van der Waals surface area contributed by atoms with Gasteiger partial charge < -0.3 is 0 Å². The van der Waals surface area contributed by atoms with Crippen LogP contribution in [-0.4, -0.2) is 0 Å². The molecule has 0 aliphatic heterocycles. The third-order valence-corrected chi connectivity index (χ3v) is 6.49. The van der Waals surface area contributed by atoms with E-state index in [0.29, 0.717) is 0 Å². The van der Waals surface area contributed by atoms with Gasteiger partial charge in [-0.05, 0) is 70.6 Å². The van der Waals surface area contributed by atoms with Crippen molar-refractivity contribution in [3.05, 3.63) is 81.4 Å². The summed E-state index contributed by atoms with van der Waals surface area (Å²) in [7, 11) is 0. The topological polar surface area (TPSA) is 0 Å². The van der Waals surface area contributed by atoms with Crippen molar-refractivity contribution in [2.24, 2.45) is 0 Å². The van der Waals surface area contributed by atoms with Gasteiger partial charge in [-0.1, -0.05) is 49.9 Å². The SMILES string of the molecule is C=Cc1cc(/C=C/c2cc3cc4ccccc4cc3s2)sc1/C=C\CC. The predicted molar refractivity (Wildman–Crippen MR) is 122 cm³/mol. The molecule has 0 bridgehead atoms. The van der Waals surface area contributed by atoms with Crippen LogP contribution in [0.1, 0.15) is 33.5 Å². The molecule has 0 radical (unpaired) electrons. The molecular formula is C24H20S2. The van der Waals surface area contributed by atoms with Crippen LogP contribution in [0.5, 0.6) is 0 Å². The molecule has 26 heavy (non-hydrogen) atoms. The van der Waals surface area contributed by atoms with Crippen molar-refractivity contribution in [3.63, 3.8) is 0 Å². The molecule has 4 aromatic rings. The van der Waals surface area contributed by atoms with E-state index in [9.17, 15) is 0 Å². The fourth-order valence-electron chi connectivity index (χ4n) is 3.03. The van der Waals surface area contributed by atoms with Gasteiger partial charge in [0.1, 0.15) is 0 Å². The van der Waals surface area contributed by atoms with Gasteiger partial charge in [0, 0.05) is 19.3 Å². The Morgan fingerprint density at radius 1 is 0.846 bits per heavy atom. The lowest BCUT2D eigenvalue weighted by Gasteiger charge is -1.96. The van der Waals surface area contributed by atoms with Crippen molar-refractivity contribution in [1.29, 1.82) is 0 Å². The first-order valence-electron chi connectivity index (χ1n) is 8.80. The summed E-state index contributed by atoms with van der Waals surface area (Å²) in [4.78, 5) is 3.83. The second-order valence-electron chi connectivity index (χ2n) is 6.20. The van der Waals surface area contributed by atoms with Gasteiger partial charge in [0.25, 0.3) is 0 Å².